The van der Waals surface area contributed by atoms with Crippen LogP contribution in [0.4, 0.5) is 4.39 Å². The van der Waals surface area contributed by atoms with Gasteiger partial charge in [0.05, 0.1) is 22.7 Å². The van der Waals surface area contributed by atoms with Crippen molar-refractivity contribution in [3.8, 4) is 11.8 Å². The van der Waals surface area contributed by atoms with Gasteiger partial charge in [0, 0.05) is 0 Å². The molecule has 0 unspecified atom stereocenters. The Balaban J connectivity index is 2.44. The highest BCUT2D eigenvalue weighted by Gasteiger charge is 2.14. The van der Waals surface area contributed by atoms with Gasteiger partial charge in [0.2, 0.25) is 0 Å². The minimum absolute atomic E-state index is 0.0105. The van der Waals surface area contributed by atoms with E-state index in [1.807, 2.05) is 12.1 Å². The fourth-order valence-corrected chi connectivity index (χ4v) is 2.30. The van der Waals surface area contributed by atoms with Crippen LogP contribution in [0.2, 0.25) is 0 Å². The molecule has 0 spiro atoms. The first-order chi connectivity index (χ1) is 10.1. The smallest absolute Gasteiger partial charge is 0.266 e. The third-order valence-electron chi connectivity index (χ3n) is 3.24. The second kappa shape index (κ2) is 4.84. The van der Waals surface area contributed by atoms with Gasteiger partial charge >= 0.3 is 0 Å². The van der Waals surface area contributed by atoms with Crippen LogP contribution in [-0.4, -0.2) is 9.55 Å². The van der Waals surface area contributed by atoms with Crippen LogP contribution in [0.15, 0.2) is 47.3 Å². The number of nitriles is 1. The van der Waals surface area contributed by atoms with Gasteiger partial charge in [-0.25, -0.2) is 9.37 Å². The number of aryl methyl sites for hydroxylation is 1. The molecule has 4 nitrogen and oxygen atoms in total. The summed E-state index contributed by atoms with van der Waals surface area (Å²) >= 11 is 0. The topological polar surface area (TPSA) is 58.7 Å². The summed E-state index contributed by atoms with van der Waals surface area (Å²) in [5, 5.41) is 9.01. The molecule has 0 N–H and O–H groups in total. The fourth-order valence-electron chi connectivity index (χ4n) is 2.30. The lowest BCUT2D eigenvalue weighted by Gasteiger charge is -2.11. The zero-order valence-electron chi connectivity index (χ0n) is 11.2. The normalized spacial score (nSPS) is 10.5. The van der Waals surface area contributed by atoms with E-state index in [2.05, 4.69) is 4.98 Å². The Bertz CT molecular complexity index is 940. The van der Waals surface area contributed by atoms with Gasteiger partial charge in [-0.3, -0.25) is 9.36 Å². The molecule has 1 heterocycles. The minimum Gasteiger partial charge on any atom is -0.268 e. The van der Waals surface area contributed by atoms with Crippen LogP contribution in [0.3, 0.4) is 0 Å². The van der Waals surface area contributed by atoms with Crippen molar-refractivity contribution in [3.63, 3.8) is 0 Å². The quantitative estimate of drug-likeness (QED) is 0.688. The van der Waals surface area contributed by atoms with E-state index in [4.69, 9.17) is 5.26 Å². The van der Waals surface area contributed by atoms with Crippen LogP contribution < -0.4 is 5.56 Å². The molecule has 0 aliphatic carbocycles. The van der Waals surface area contributed by atoms with Crippen molar-refractivity contribution in [2.75, 3.05) is 0 Å². The van der Waals surface area contributed by atoms with Crippen LogP contribution in [0.1, 0.15) is 11.4 Å². The summed E-state index contributed by atoms with van der Waals surface area (Å²) in [5.74, 6) is -0.272. The molecule has 3 rings (SSSR count). The average molecular weight is 279 g/mol. The first kappa shape index (κ1) is 13.0. The van der Waals surface area contributed by atoms with Crippen molar-refractivity contribution in [1.82, 2.24) is 9.55 Å². The third-order valence-corrected chi connectivity index (χ3v) is 3.24. The zero-order valence-corrected chi connectivity index (χ0v) is 11.2. The highest BCUT2D eigenvalue weighted by molar-refractivity contribution is 5.80. The van der Waals surface area contributed by atoms with Gasteiger partial charge in [-0.15, -0.1) is 0 Å². The SMILES string of the molecule is Cc1nc2c(F)cc(C#N)cc2c(=O)n1-c1ccccc1. The first-order valence-electron chi connectivity index (χ1n) is 6.30. The lowest BCUT2D eigenvalue weighted by Crippen LogP contribution is -2.22. The molecule has 102 valence electrons. The average Bonchev–Trinajstić information content (AvgIpc) is 2.49. The molecule has 0 aliphatic rings. The molecule has 21 heavy (non-hydrogen) atoms. The van der Waals surface area contributed by atoms with Gasteiger partial charge in [-0.05, 0) is 31.2 Å². The maximum absolute atomic E-state index is 14.0. The highest BCUT2D eigenvalue weighted by atomic mass is 19.1. The van der Waals surface area contributed by atoms with E-state index in [1.54, 1.807) is 31.2 Å². The van der Waals surface area contributed by atoms with Crippen molar-refractivity contribution in [3.05, 3.63) is 70.0 Å². The molecule has 3 aromatic rings. The predicted octanol–water partition coefficient (Wildman–Crippen LogP) is 2.70. The van der Waals surface area contributed by atoms with Crippen LogP contribution in [-0.2, 0) is 0 Å². The van der Waals surface area contributed by atoms with Crippen LogP contribution in [0.5, 0.6) is 0 Å². The van der Waals surface area contributed by atoms with Gasteiger partial charge in [0.15, 0.2) is 5.82 Å². The second-order valence-electron chi connectivity index (χ2n) is 4.60. The Kier molecular flexibility index (Phi) is 2.99. The molecule has 2 aromatic carbocycles. The summed E-state index contributed by atoms with van der Waals surface area (Å²) in [4.78, 5) is 16.8. The molecule has 5 heteroatoms. The molecule has 1 aromatic heterocycles. The molecular weight excluding hydrogens is 269 g/mol. The summed E-state index contributed by atoms with van der Waals surface area (Å²) in [6.45, 7) is 1.64. The molecule has 0 fully saturated rings. The molecule has 0 amide bonds. The standard InChI is InChI=1S/C16H10FN3O/c1-10-19-15-13(7-11(9-18)8-14(15)17)16(21)20(10)12-5-3-2-4-6-12/h2-8H,1H3. The number of rotatable bonds is 1. The van der Waals surface area contributed by atoms with E-state index in [0.29, 0.717) is 11.5 Å². The molecule has 0 saturated heterocycles. The summed E-state index contributed by atoms with van der Waals surface area (Å²) in [5.41, 5.74) is 0.350. The Labute approximate surface area is 119 Å². The number of para-hydroxylation sites is 1. The minimum atomic E-state index is -0.663. The third kappa shape index (κ3) is 2.07. The van der Waals surface area contributed by atoms with E-state index in [9.17, 15) is 9.18 Å². The monoisotopic (exact) mass is 279 g/mol. The summed E-state index contributed by atoms with van der Waals surface area (Å²) < 4.78 is 15.4. The lowest BCUT2D eigenvalue weighted by molar-refractivity contribution is 0.634. The van der Waals surface area contributed by atoms with E-state index in [0.717, 1.165) is 6.07 Å². The van der Waals surface area contributed by atoms with Gasteiger partial charge in [-0.1, -0.05) is 18.2 Å². The van der Waals surface area contributed by atoms with Gasteiger partial charge in [0.1, 0.15) is 11.3 Å². The first-order valence-corrected chi connectivity index (χ1v) is 6.30. The molecule has 0 radical (unpaired) electrons. The fraction of sp³-hybridized carbons (Fsp3) is 0.0625. The highest BCUT2D eigenvalue weighted by Crippen LogP contribution is 2.17. The van der Waals surface area contributed by atoms with E-state index < -0.39 is 5.82 Å². The van der Waals surface area contributed by atoms with E-state index in [-0.39, 0.29) is 22.0 Å². The molecule has 0 aliphatic heterocycles. The number of hydrogen-bond acceptors (Lipinski definition) is 3. The van der Waals surface area contributed by atoms with Crippen molar-refractivity contribution in [2.45, 2.75) is 6.92 Å². The number of hydrogen-bond donors (Lipinski definition) is 0. The van der Waals surface area contributed by atoms with Crippen LogP contribution in [0.25, 0.3) is 16.6 Å². The summed E-state index contributed by atoms with van der Waals surface area (Å²) in [6.07, 6.45) is 0. The van der Waals surface area contributed by atoms with Gasteiger partial charge in [-0.2, -0.15) is 5.26 Å². The van der Waals surface area contributed by atoms with E-state index >= 15 is 0 Å². The second-order valence-corrected chi connectivity index (χ2v) is 4.60. The Morgan fingerprint density at radius 1 is 1.24 bits per heavy atom. The molecular formula is C16H10FN3O. The Hall–Kier alpha value is -3.00. The van der Waals surface area contributed by atoms with Gasteiger partial charge in [0.25, 0.3) is 5.56 Å². The van der Waals surface area contributed by atoms with Gasteiger partial charge < -0.3 is 0 Å². The Morgan fingerprint density at radius 3 is 2.62 bits per heavy atom. The summed E-state index contributed by atoms with van der Waals surface area (Å²) in [6, 6.07) is 13.3. The van der Waals surface area contributed by atoms with Crippen molar-refractivity contribution >= 4 is 10.9 Å². The molecule has 0 bridgehead atoms. The van der Waals surface area contributed by atoms with E-state index in [1.165, 1.54) is 10.6 Å². The predicted molar refractivity (Wildman–Crippen MR) is 76.8 cm³/mol. The maximum Gasteiger partial charge on any atom is 0.266 e. The number of nitrogens with zero attached hydrogens (tertiary/aromatic N) is 3. The number of aromatic nitrogens is 2. The van der Waals surface area contributed by atoms with Crippen molar-refractivity contribution in [2.24, 2.45) is 0 Å². The largest absolute Gasteiger partial charge is 0.268 e. The lowest BCUT2D eigenvalue weighted by atomic mass is 10.1. The number of halogens is 1. The van der Waals surface area contributed by atoms with Crippen LogP contribution >= 0.6 is 0 Å². The van der Waals surface area contributed by atoms with Crippen molar-refractivity contribution in [1.29, 1.82) is 5.26 Å². The molecule has 0 saturated carbocycles. The number of fused-ring (bicyclic) bond motifs is 1. The number of benzene rings is 2. The zero-order chi connectivity index (χ0) is 15.0. The Morgan fingerprint density at radius 2 is 1.95 bits per heavy atom. The van der Waals surface area contributed by atoms with Crippen LogP contribution in [0, 0.1) is 24.1 Å². The molecule has 0 atom stereocenters. The van der Waals surface area contributed by atoms with Crippen molar-refractivity contribution < 1.29 is 4.39 Å². The summed E-state index contributed by atoms with van der Waals surface area (Å²) in [7, 11) is 0. The maximum atomic E-state index is 14.0.